The lowest BCUT2D eigenvalue weighted by atomic mass is 9.84. The van der Waals surface area contributed by atoms with Crippen molar-refractivity contribution >= 4 is 11.7 Å². The number of nitrogens with zero attached hydrogens (tertiary/aromatic N) is 4. The Kier molecular flexibility index (Phi) is 3.62. The minimum absolute atomic E-state index is 0.308. The van der Waals surface area contributed by atoms with Crippen molar-refractivity contribution in [2.75, 3.05) is 31.1 Å². The minimum atomic E-state index is 0.308. The Hall–Kier alpha value is -1.65. The van der Waals surface area contributed by atoms with Gasteiger partial charge in [-0.15, -0.1) is 0 Å². The molecule has 5 heteroatoms. The van der Waals surface area contributed by atoms with E-state index in [1.165, 1.54) is 6.42 Å². The van der Waals surface area contributed by atoms with Crippen LogP contribution in [0.2, 0.25) is 0 Å². The van der Waals surface area contributed by atoms with Gasteiger partial charge in [-0.2, -0.15) is 0 Å². The van der Waals surface area contributed by atoms with E-state index in [1.54, 1.807) is 18.6 Å². The molecule has 2 fully saturated rings. The standard InChI is InChI=1S/C14H20N4O/c19-14(12-3-1-4-12)18-8-2-7-17(9-10-18)13-11-15-5-6-16-13/h5-6,11-12H,1-4,7-10H2. The summed E-state index contributed by atoms with van der Waals surface area (Å²) in [7, 11) is 0. The fourth-order valence-corrected chi connectivity index (χ4v) is 2.73. The third kappa shape index (κ3) is 2.69. The first-order chi connectivity index (χ1) is 9.34. The van der Waals surface area contributed by atoms with Gasteiger partial charge in [0.05, 0.1) is 6.20 Å². The van der Waals surface area contributed by atoms with Crippen LogP contribution in [0.3, 0.4) is 0 Å². The van der Waals surface area contributed by atoms with Gasteiger partial charge in [0.15, 0.2) is 0 Å². The summed E-state index contributed by atoms with van der Waals surface area (Å²) >= 11 is 0. The van der Waals surface area contributed by atoms with Crippen LogP contribution in [0.5, 0.6) is 0 Å². The molecule has 3 rings (SSSR count). The summed E-state index contributed by atoms with van der Waals surface area (Å²) in [5.41, 5.74) is 0. The monoisotopic (exact) mass is 260 g/mol. The lowest BCUT2D eigenvalue weighted by molar-refractivity contribution is -0.137. The third-order valence-corrected chi connectivity index (χ3v) is 4.14. The largest absolute Gasteiger partial charge is 0.354 e. The zero-order valence-electron chi connectivity index (χ0n) is 11.2. The number of aromatic nitrogens is 2. The normalized spacial score (nSPS) is 20.8. The lowest BCUT2D eigenvalue weighted by Crippen LogP contribution is -2.41. The van der Waals surface area contributed by atoms with Crippen molar-refractivity contribution in [2.45, 2.75) is 25.7 Å². The van der Waals surface area contributed by atoms with Crippen LogP contribution < -0.4 is 4.90 Å². The Morgan fingerprint density at radius 1 is 1.11 bits per heavy atom. The van der Waals surface area contributed by atoms with E-state index in [9.17, 15) is 4.79 Å². The lowest BCUT2D eigenvalue weighted by Gasteiger charge is -2.31. The van der Waals surface area contributed by atoms with Crippen molar-refractivity contribution in [1.29, 1.82) is 0 Å². The van der Waals surface area contributed by atoms with Crippen molar-refractivity contribution < 1.29 is 4.79 Å². The SMILES string of the molecule is O=C(C1CCC1)N1CCCN(c2cnccn2)CC1. The number of rotatable bonds is 2. The number of hydrogen-bond donors (Lipinski definition) is 0. The van der Waals surface area contributed by atoms with Gasteiger partial charge < -0.3 is 9.80 Å². The molecule has 19 heavy (non-hydrogen) atoms. The van der Waals surface area contributed by atoms with Crippen LogP contribution in [0.1, 0.15) is 25.7 Å². The van der Waals surface area contributed by atoms with Crippen LogP contribution in [0.15, 0.2) is 18.6 Å². The Balaban J connectivity index is 1.61. The Labute approximate surface area is 113 Å². The van der Waals surface area contributed by atoms with Gasteiger partial charge in [0.25, 0.3) is 0 Å². The summed E-state index contributed by atoms with van der Waals surface area (Å²) in [4.78, 5) is 25.0. The highest BCUT2D eigenvalue weighted by Crippen LogP contribution is 2.28. The molecule has 102 valence electrons. The summed E-state index contributed by atoms with van der Waals surface area (Å²) in [5, 5.41) is 0. The van der Waals surface area contributed by atoms with E-state index in [4.69, 9.17) is 0 Å². The fraction of sp³-hybridized carbons (Fsp3) is 0.643. The highest BCUT2D eigenvalue weighted by atomic mass is 16.2. The Bertz CT molecular complexity index is 432. The highest BCUT2D eigenvalue weighted by molar-refractivity contribution is 5.79. The van der Waals surface area contributed by atoms with Crippen molar-refractivity contribution in [3.8, 4) is 0 Å². The predicted molar refractivity (Wildman–Crippen MR) is 72.8 cm³/mol. The molecule has 5 nitrogen and oxygen atoms in total. The first kappa shape index (κ1) is 12.4. The van der Waals surface area contributed by atoms with Crippen LogP contribution in [0.4, 0.5) is 5.82 Å². The van der Waals surface area contributed by atoms with Gasteiger partial charge in [-0.25, -0.2) is 4.98 Å². The molecule has 0 bridgehead atoms. The summed E-state index contributed by atoms with van der Waals surface area (Å²) < 4.78 is 0. The Morgan fingerprint density at radius 2 is 2.00 bits per heavy atom. The van der Waals surface area contributed by atoms with Crippen LogP contribution in [0.25, 0.3) is 0 Å². The van der Waals surface area contributed by atoms with Gasteiger partial charge >= 0.3 is 0 Å². The van der Waals surface area contributed by atoms with Crippen LogP contribution in [-0.2, 0) is 4.79 Å². The zero-order chi connectivity index (χ0) is 13.1. The van der Waals surface area contributed by atoms with Crippen molar-refractivity contribution in [1.82, 2.24) is 14.9 Å². The minimum Gasteiger partial charge on any atom is -0.354 e. The van der Waals surface area contributed by atoms with E-state index in [1.807, 2.05) is 4.90 Å². The van der Waals surface area contributed by atoms with Gasteiger partial charge in [0, 0.05) is 44.5 Å². The molecule has 0 aromatic carbocycles. The van der Waals surface area contributed by atoms with Gasteiger partial charge in [0.2, 0.25) is 5.91 Å². The van der Waals surface area contributed by atoms with E-state index in [0.29, 0.717) is 11.8 Å². The van der Waals surface area contributed by atoms with E-state index >= 15 is 0 Å². The molecule has 2 heterocycles. The molecule has 1 saturated carbocycles. The molecule has 1 aliphatic carbocycles. The Morgan fingerprint density at radius 3 is 2.68 bits per heavy atom. The third-order valence-electron chi connectivity index (χ3n) is 4.14. The maximum Gasteiger partial charge on any atom is 0.225 e. The molecule has 0 radical (unpaired) electrons. The highest BCUT2D eigenvalue weighted by Gasteiger charge is 2.30. The molecule has 0 unspecified atom stereocenters. The first-order valence-electron chi connectivity index (χ1n) is 7.14. The molecule has 0 N–H and O–H groups in total. The van der Waals surface area contributed by atoms with Gasteiger partial charge in [-0.1, -0.05) is 6.42 Å². The maximum atomic E-state index is 12.3. The van der Waals surface area contributed by atoms with Crippen LogP contribution in [-0.4, -0.2) is 47.0 Å². The van der Waals surface area contributed by atoms with Crippen molar-refractivity contribution in [3.05, 3.63) is 18.6 Å². The quantitative estimate of drug-likeness (QED) is 0.804. The average molecular weight is 260 g/mol. The summed E-state index contributed by atoms with van der Waals surface area (Å²) in [6.45, 7) is 3.50. The smallest absolute Gasteiger partial charge is 0.225 e. The second-order valence-corrected chi connectivity index (χ2v) is 5.36. The second-order valence-electron chi connectivity index (χ2n) is 5.36. The van der Waals surface area contributed by atoms with E-state index in [-0.39, 0.29) is 0 Å². The molecule has 1 amide bonds. The van der Waals surface area contributed by atoms with Crippen LogP contribution in [0, 0.1) is 5.92 Å². The molecule has 1 saturated heterocycles. The number of hydrogen-bond acceptors (Lipinski definition) is 4. The number of anilines is 1. The van der Waals surface area contributed by atoms with Crippen LogP contribution >= 0.6 is 0 Å². The molecule has 1 aromatic heterocycles. The molecule has 0 spiro atoms. The topological polar surface area (TPSA) is 49.3 Å². The molecular weight excluding hydrogens is 240 g/mol. The van der Waals surface area contributed by atoms with Crippen molar-refractivity contribution in [3.63, 3.8) is 0 Å². The number of carbonyl (C=O) groups is 1. The fourth-order valence-electron chi connectivity index (χ4n) is 2.73. The molecule has 1 aliphatic heterocycles. The van der Waals surface area contributed by atoms with Crippen molar-refractivity contribution in [2.24, 2.45) is 5.92 Å². The van der Waals surface area contributed by atoms with E-state index < -0.39 is 0 Å². The number of amides is 1. The summed E-state index contributed by atoms with van der Waals surface area (Å²) in [5.74, 6) is 1.59. The summed E-state index contributed by atoms with van der Waals surface area (Å²) in [6, 6.07) is 0. The first-order valence-corrected chi connectivity index (χ1v) is 7.14. The maximum absolute atomic E-state index is 12.3. The van der Waals surface area contributed by atoms with Gasteiger partial charge in [-0.3, -0.25) is 9.78 Å². The predicted octanol–water partition coefficient (Wildman–Crippen LogP) is 1.32. The summed E-state index contributed by atoms with van der Waals surface area (Å²) in [6.07, 6.45) is 9.60. The molecular formula is C14H20N4O. The molecule has 2 aliphatic rings. The zero-order valence-corrected chi connectivity index (χ0v) is 11.2. The van der Waals surface area contributed by atoms with E-state index in [2.05, 4.69) is 14.9 Å². The van der Waals surface area contributed by atoms with E-state index in [0.717, 1.165) is 51.3 Å². The molecule has 1 aromatic rings. The van der Waals surface area contributed by atoms with Gasteiger partial charge in [0.1, 0.15) is 5.82 Å². The molecule has 0 atom stereocenters. The second kappa shape index (κ2) is 5.55. The number of carbonyl (C=O) groups excluding carboxylic acids is 1. The van der Waals surface area contributed by atoms with Gasteiger partial charge in [-0.05, 0) is 19.3 Å². The average Bonchev–Trinajstić information content (AvgIpc) is 2.63.